The zero-order chi connectivity index (χ0) is 18.5. The molecule has 0 amide bonds. The molecule has 0 aliphatic heterocycles. The number of aliphatic hydroxyl groups is 1. The Hall–Kier alpha value is -1.66. The maximum absolute atomic E-state index is 10.6. The minimum atomic E-state index is -1.10. The fraction of sp³-hybridized carbons (Fsp3) is 0.400. The summed E-state index contributed by atoms with van der Waals surface area (Å²) < 4.78 is 5.77. The number of rotatable bonds is 8. The standard InChI is InChI=1S/C20H28BNO3/c1-19(2,23)20(3,4)25-21(24)18-13-9-8-12-17(18)15-22-14-16-10-6-5-7-11-16/h5-13,22-24H,14-15H2,1-4H3. The van der Waals surface area contributed by atoms with Gasteiger partial charge in [-0.2, -0.15) is 0 Å². The third kappa shape index (κ3) is 5.41. The van der Waals surface area contributed by atoms with E-state index in [9.17, 15) is 10.1 Å². The van der Waals surface area contributed by atoms with Gasteiger partial charge in [-0.15, -0.1) is 0 Å². The number of benzene rings is 2. The molecule has 2 aromatic rings. The first-order valence-electron chi connectivity index (χ1n) is 8.61. The van der Waals surface area contributed by atoms with Crippen molar-refractivity contribution in [3.05, 3.63) is 65.7 Å². The van der Waals surface area contributed by atoms with Crippen LogP contribution in [0.4, 0.5) is 0 Å². The van der Waals surface area contributed by atoms with Crippen LogP contribution in [-0.4, -0.2) is 28.5 Å². The molecule has 25 heavy (non-hydrogen) atoms. The molecule has 4 nitrogen and oxygen atoms in total. The van der Waals surface area contributed by atoms with Crippen LogP contribution in [0.3, 0.4) is 0 Å². The third-order valence-electron chi connectivity index (χ3n) is 4.69. The van der Waals surface area contributed by atoms with Crippen molar-refractivity contribution in [3.63, 3.8) is 0 Å². The Morgan fingerprint density at radius 3 is 2.16 bits per heavy atom. The molecule has 3 N–H and O–H groups in total. The maximum Gasteiger partial charge on any atom is 0.491 e. The highest BCUT2D eigenvalue weighted by Crippen LogP contribution is 2.25. The number of nitrogens with one attached hydrogen (secondary N) is 1. The Kier molecular flexibility index (Phi) is 6.41. The van der Waals surface area contributed by atoms with Crippen molar-refractivity contribution in [2.45, 2.75) is 52.0 Å². The quantitative estimate of drug-likeness (QED) is 0.645. The fourth-order valence-corrected chi connectivity index (χ4v) is 2.36. The first kappa shape index (κ1) is 19.7. The topological polar surface area (TPSA) is 61.7 Å². The SMILES string of the molecule is CC(C)(O)C(C)(C)OB(O)c1ccccc1CNCc1ccccc1. The van der Waals surface area contributed by atoms with Crippen molar-refractivity contribution in [3.8, 4) is 0 Å². The van der Waals surface area contributed by atoms with Crippen LogP contribution < -0.4 is 10.8 Å². The van der Waals surface area contributed by atoms with Gasteiger partial charge < -0.3 is 20.1 Å². The fourth-order valence-electron chi connectivity index (χ4n) is 2.36. The monoisotopic (exact) mass is 341 g/mol. The molecule has 0 saturated carbocycles. The lowest BCUT2D eigenvalue weighted by molar-refractivity contribution is -0.0982. The van der Waals surface area contributed by atoms with E-state index >= 15 is 0 Å². The van der Waals surface area contributed by atoms with Gasteiger partial charge in [0.2, 0.25) is 0 Å². The van der Waals surface area contributed by atoms with Crippen LogP contribution in [0, 0.1) is 0 Å². The molecule has 2 rings (SSSR count). The van der Waals surface area contributed by atoms with Crippen LogP contribution in [0.15, 0.2) is 54.6 Å². The van der Waals surface area contributed by atoms with E-state index in [0.29, 0.717) is 12.0 Å². The Morgan fingerprint density at radius 2 is 1.52 bits per heavy atom. The average molecular weight is 341 g/mol. The van der Waals surface area contributed by atoms with Crippen molar-refractivity contribution in [2.75, 3.05) is 0 Å². The van der Waals surface area contributed by atoms with E-state index in [2.05, 4.69) is 17.4 Å². The summed E-state index contributed by atoms with van der Waals surface area (Å²) in [5, 5.41) is 24.2. The Labute approximate surface area is 151 Å². The summed E-state index contributed by atoms with van der Waals surface area (Å²) in [6, 6.07) is 17.8. The molecule has 0 aromatic heterocycles. The molecule has 0 heterocycles. The lowest BCUT2D eigenvalue weighted by Crippen LogP contribution is -2.53. The van der Waals surface area contributed by atoms with Crippen molar-refractivity contribution in [1.82, 2.24) is 5.32 Å². The van der Waals surface area contributed by atoms with Gasteiger partial charge >= 0.3 is 7.12 Å². The molecule has 0 atom stereocenters. The molecule has 2 aromatic carbocycles. The van der Waals surface area contributed by atoms with Crippen LogP contribution in [0.25, 0.3) is 0 Å². The molecule has 5 heteroatoms. The highest BCUT2D eigenvalue weighted by atomic mass is 16.5. The summed E-state index contributed by atoms with van der Waals surface area (Å²) in [5.74, 6) is 0. The highest BCUT2D eigenvalue weighted by Gasteiger charge is 2.39. The van der Waals surface area contributed by atoms with Crippen molar-refractivity contribution < 1.29 is 14.8 Å². The normalized spacial score (nSPS) is 12.2. The lowest BCUT2D eigenvalue weighted by Gasteiger charge is -2.38. The predicted molar refractivity (Wildman–Crippen MR) is 102 cm³/mol. The average Bonchev–Trinajstić information content (AvgIpc) is 2.55. The number of hydrogen-bond acceptors (Lipinski definition) is 4. The minimum Gasteiger partial charge on any atom is -0.423 e. The molecular weight excluding hydrogens is 313 g/mol. The van der Waals surface area contributed by atoms with E-state index in [1.165, 1.54) is 5.56 Å². The molecule has 0 saturated heterocycles. The second-order valence-electron chi connectivity index (χ2n) is 7.33. The van der Waals surface area contributed by atoms with E-state index in [-0.39, 0.29) is 0 Å². The molecule has 0 aliphatic rings. The summed E-state index contributed by atoms with van der Waals surface area (Å²) in [5.41, 5.74) is 0.920. The van der Waals surface area contributed by atoms with Crippen LogP contribution in [-0.2, 0) is 17.7 Å². The van der Waals surface area contributed by atoms with Crippen molar-refractivity contribution in [1.29, 1.82) is 0 Å². The van der Waals surface area contributed by atoms with Gasteiger partial charge in [0, 0.05) is 13.1 Å². The molecule has 0 bridgehead atoms. The molecule has 0 fully saturated rings. The Balaban J connectivity index is 2.04. The second-order valence-corrected chi connectivity index (χ2v) is 7.33. The van der Waals surface area contributed by atoms with Crippen LogP contribution in [0.2, 0.25) is 0 Å². The van der Waals surface area contributed by atoms with Gasteiger partial charge in [-0.1, -0.05) is 54.6 Å². The summed E-state index contributed by atoms with van der Waals surface area (Å²) >= 11 is 0. The zero-order valence-corrected chi connectivity index (χ0v) is 15.5. The molecular formula is C20H28BNO3. The molecule has 0 radical (unpaired) electrons. The van der Waals surface area contributed by atoms with Gasteiger partial charge in [0.15, 0.2) is 0 Å². The van der Waals surface area contributed by atoms with Crippen LogP contribution in [0.1, 0.15) is 38.8 Å². The summed E-state index contributed by atoms with van der Waals surface area (Å²) in [6.07, 6.45) is 0. The summed E-state index contributed by atoms with van der Waals surface area (Å²) in [6.45, 7) is 8.26. The lowest BCUT2D eigenvalue weighted by atomic mass is 9.74. The maximum atomic E-state index is 10.6. The highest BCUT2D eigenvalue weighted by molar-refractivity contribution is 6.60. The summed E-state index contributed by atoms with van der Waals surface area (Å²) in [4.78, 5) is 0. The number of hydrogen-bond donors (Lipinski definition) is 3. The molecule has 134 valence electrons. The van der Waals surface area contributed by atoms with E-state index in [1.807, 2.05) is 42.5 Å². The molecule has 0 spiro atoms. The third-order valence-corrected chi connectivity index (χ3v) is 4.69. The van der Waals surface area contributed by atoms with Gasteiger partial charge in [-0.25, -0.2) is 0 Å². The first-order chi connectivity index (χ1) is 11.7. The van der Waals surface area contributed by atoms with E-state index in [1.54, 1.807) is 27.7 Å². The van der Waals surface area contributed by atoms with Gasteiger partial charge in [0.1, 0.15) is 0 Å². The first-order valence-corrected chi connectivity index (χ1v) is 8.61. The zero-order valence-electron chi connectivity index (χ0n) is 15.5. The smallest absolute Gasteiger partial charge is 0.423 e. The summed E-state index contributed by atoms with van der Waals surface area (Å²) in [7, 11) is -1.10. The van der Waals surface area contributed by atoms with Crippen molar-refractivity contribution >= 4 is 12.6 Å². The van der Waals surface area contributed by atoms with E-state index in [4.69, 9.17) is 4.65 Å². The minimum absolute atomic E-state index is 0.619. The second kappa shape index (κ2) is 8.15. The van der Waals surface area contributed by atoms with Crippen LogP contribution >= 0.6 is 0 Å². The Morgan fingerprint density at radius 1 is 0.920 bits per heavy atom. The van der Waals surface area contributed by atoms with Gasteiger partial charge in [-0.3, -0.25) is 0 Å². The molecule has 0 aliphatic carbocycles. The van der Waals surface area contributed by atoms with Gasteiger partial charge in [0.05, 0.1) is 11.2 Å². The predicted octanol–water partition coefficient (Wildman–Crippen LogP) is 2.23. The van der Waals surface area contributed by atoms with E-state index < -0.39 is 18.3 Å². The van der Waals surface area contributed by atoms with Crippen LogP contribution in [0.5, 0.6) is 0 Å². The van der Waals surface area contributed by atoms with E-state index in [0.717, 1.165) is 12.1 Å². The van der Waals surface area contributed by atoms with Gasteiger partial charge in [0.25, 0.3) is 0 Å². The largest absolute Gasteiger partial charge is 0.491 e. The van der Waals surface area contributed by atoms with Gasteiger partial charge in [-0.05, 0) is 44.3 Å². The van der Waals surface area contributed by atoms with Crippen molar-refractivity contribution in [2.24, 2.45) is 0 Å². The Bertz CT molecular complexity index is 668. The molecule has 0 unspecified atom stereocenters.